The topological polar surface area (TPSA) is 83.4 Å². The molecule has 1 amide bonds. The van der Waals surface area contributed by atoms with Gasteiger partial charge in [0.15, 0.2) is 5.69 Å². The number of amides is 1. The van der Waals surface area contributed by atoms with Gasteiger partial charge < -0.3 is 19.5 Å². The van der Waals surface area contributed by atoms with E-state index >= 15 is 0 Å². The van der Waals surface area contributed by atoms with Crippen LogP contribution in [0.15, 0.2) is 59.3 Å². The lowest BCUT2D eigenvalue weighted by Gasteiger charge is -2.22. The van der Waals surface area contributed by atoms with Crippen LogP contribution in [-0.4, -0.2) is 46.6 Å². The zero-order chi connectivity index (χ0) is 24.9. The maximum atomic E-state index is 12.6. The summed E-state index contributed by atoms with van der Waals surface area (Å²) in [6.45, 7) is 7.67. The molecule has 2 aromatic carbocycles. The molecule has 2 aromatic heterocycles. The first kappa shape index (κ1) is 24.3. The van der Waals surface area contributed by atoms with E-state index in [0.717, 1.165) is 44.5 Å². The second-order valence-corrected chi connectivity index (χ2v) is 9.72. The highest BCUT2D eigenvalue weighted by Crippen LogP contribution is 2.20. The van der Waals surface area contributed by atoms with Crippen LogP contribution >= 0.6 is 0 Å². The Balaban J connectivity index is 1.28. The molecule has 1 aliphatic rings. The summed E-state index contributed by atoms with van der Waals surface area (Å²) in [4.78, 5) is 22.8. The molecule has 5 rings (SSSR count). The van der Waals surface area contributed by atoms with Crippen molar-refractivity contribution >= 4 is 16.8 Å². The second kappa shape index (κ2) is 11.1. The third-order valence-electron chi connectivity index (χ3n) is 6.92. The first-order chi connectivity index (χ1) is 17.5. The Hall–Kier alpha value is -3.42. The van der Waals surface area contributed by atoms with Crippen molar-refractivity contribution in [1.29, 1.82) is 0 Å². The monoisotopic (exact) mass is 486 g/mol. The molecule has 36 heavy (non-hydrogen) atoms. The van der Waals surface area contributed by atoms with E-state index in [9.17, 15) is 4.79 Å². The number of carbonyl (C=O) groups is 1. The molecular weight excluding hydrogens is 452 g/mol. The van der Waals surface area contributed by atoms with Crippen molar-refractivity contribution in [3.63, 3.8) is 0 Å². The van der Waals surface area contributed by atoms with E-state index in [1.54, 1.807) is 0 Å². The summed E-state index contributed by atoms with van der Waals surface area (Å²) in [6, 6.07) is 15.0. The van der Waals surface area contributed by atoms with Crippen molar-refractivity contribution in [2.24, 2.45) is 0 Å². The van der Waals surface area contributed by atoms with Crippen molar-refractivity contribution in [2.45, 2.75) is 52.3 Å². The molecule has 4 aromatic rings. The summed E-state index contributed by atoms with van der Waals surface area (Å²) >= 11 is 0. The number of hydrogen-bond acceptors (Lipinski definition) is 5. The maximum Gasteiger partial charge on any atom is 0.273 e. The molecule has 1 aliphatic heterocycles. The van der Waals surface area contributed by atoms with Gasteiger partial charge in [0, 0.05) is 43.3 Å². The fourth-order valence-corrected chi connectivity index (χ4v) is 4.88. The number of ether oxygens (including phenoxy) is 1. The van der Waals surface area contributed by atoms with Crippen LogP contribution in [0.5, 0.6) is 0 Å². The summed E-state index contributed by atoms with van der Waals surface area (Å²) in [5, 5.41) is 4.17. The minimum absolute atomic E-state index is 0.0954. The zero-order valence-corrected chi connectivity index (χ0v) is 21.0. The molecule has 7 nitrogen and oxygen atoms in total. The molecule has 7 heteroatoms. The first-order valence-electron chi connectivity index (χ1n) is 12.7. The number of nitrogens with zero attached hydrogens (tertiary/aromatic N) is 2. The molecule has 0 aliphatic carbocycles. The van der Waals surface area contributed by atoms with Crippen LogP contribution in [0, 0.1) is 13.8 Å². The quantitative estimate of drug-likeness (QED) is 0.332. The Kier molecular flexibility index (Phi) is 7.49. The predicted octanol–water partition coefficient (Wildman–Crippen LogP) is 4.93. The van der Waals surface area contributed by atoms with Crippen molar-refractivity contribution < 1.29 is 13.9 Å². The number of benzene rings is 2. The highest BCUT2D eigenvalue weighted by Gasteiger charge is 2.19. The predicted molar refractivity (Wildman–Crippen MR) is 140 cm³/mol. The van der Waals surface area contributed by atoms with Crippen molar-refractivity contribution in [1.82, 2.24) is 20.2 Å². The number of hydrogen-bond donors (Lipinski definition) is 2. The van der Waals surface area contributed by atoms with Crippen LogP contribution in [-0.2, 0) is 24.2 Å². The lowest BCUT2D eigenvalue weighted by Crippen LogP contribution is -2.32. The number of aromatic nitrogens is 2. The number of para-hydroxylation sites is 1. The maximum absolute atomic E-state index is 12.6. The van der Waals surface area contributed by atoms with Crippen LogP contribution in [0.25, 0.3) is 10.9 Å². The lowest BCUT2D eigenvalue weighted by molar-refractivity contribution is 0.0853. The van der Waals surface area contributed by atoms with E-state index in [1.165, 1.54) is 33.9 Å². The number of nitrogens with one attached hydrogen (secondary N) is 2. The molecule has 0 spiro atoms. The summed E-state index contributed by atoms with van der Waals surface area (Å²) in [6.07, 6.45) is 6.57. The molecule has 2 N–H and O–H groups in total. The van der Waals surface area contributed by atoms with Crippen LogP contribution in [0.2, 0.25) is 0 Å². The van der Waals surface area contributed by atoms with Crippen LogP contribution in [0.3, 0.4) is 0 Å². The van der Waals surface area contributed by atoms with Gasteiger partial charge in [0.2, 0.25) is 5.89 Å². The van der Waals surface area contributed by atoms with E-state index < -0.39 is 0 Å². The number of H-pyrrole nitrogens is 1. The summed E-state index contributed by atoms with van der Waals surface area (Å²) < 4.78 is 11.3. The largest absolute Gasteiger partial charge is 0.447 e. The molecule has 0 radical (unpaired) electrons. The fraction of sp³-hybridized carbons (Fsp3) is 0.379. The Morgan fingerprint density at radius 3 is 2.89 bits per heavy atom. The second-order valence-electron chi connectivity index (χ2n) is 9.72. The molecule has 1 saturated heterocycles. The molecule has 1 unspecified atom stereocenters. The minimum Gasteiger partial charge on any atom is -0.447 e. The van der Waals surface area contributed by atoms with Gasteiger partial charge in [0.1, 0.15) is 6.26 Å². The SMILES string of the molecule is Cc1ccc(CN(CCc2c[nH]c3ccccc23)Cc2nc(C(=O)NCC3CCCO3)co2)c(C)c1. The molecule has 0 bridgehead atoms. The van der Waals surface area contributed by atoms with E-state index in [-0.39, 0.29) is 12.0 Å². The average Bonchev–Trinajstić information content (AvgIpc) is 3.64. The number of carbonyl (C=O) groups excluding carboxylic acids is 1. The number of oxazole rings is 1. The van der Waals surface area contributed by atoms with Crippen molar-refractivity contribution in [2.75, 3.05) is 19.7 Å². The van der Waals surface area contributed by atoms with Gasteiger partial charge in [0.05, 0.1) is 12.6 Å². The summed E-state index contributed by atoms with van der Waals surface area (Å²) in [7, 11) is 0. The third-order valence-corrected chi connectivity index (χ3v) is 6.92. The van der Waals surface area contributed by atoms with Crippen LogP contribution in [0.4, 0.5) is 0 Å². The molecule has 3 heterocycles. The van der Waals surface area contributed by atoms with Gasteiger partial charge in [-0.05, 0) is 55.9 Å². The lowest BCUT2D eigenvalue weighted by atomic mass is 10.0. The molecule has 0 saturated carbocycles. The first-order valence-corrected chi connectivity index (χ1v) is 12.7. The summed E-state index contributed by atoms with van der Waals surface area (Å²) in [5.74, 6) is 0.321. The van der Waals surface area contributed by atoms with E-state index in [4.69, 9.17) is 9.15 Å². The highest BCUT2D eigenvalue weighted by molar-refractivity contribution is 5.91. The third kappa shape index (κ3) is 5.86. The standard InChI is InChI=1S/C29H34N4O3/c1-20-9-10-23(21(2)14-20)17-33(12-11-22-15-30-26-8-4-3-7-25(22)26)18-28-32-27(19-36-28)29(34)31-16-24-6-5-13-35-24/h3-4,7-10,14-15,19,24,30H,5-6,11-13,16-18H2,1-2H3,(H,31,34). The number of rotatable bonds is 10. The van der Waals surface area contributed by atoms with Gasteiger partial charge in [-0.15, -0.1) is 0 Å². The van der Waals surface area contributed by atoms with Gasteiger partial charge in [-0.25, -0.2) is 4.98 Å². The normalized spacial score (nSPS) is 15.7. The van der Waals surface area contributed by atoms with Gasteiger partial charge in [-0.2, -0.15) is 0 Å². The summed E-state index contributed by atoms with van der Waals surface area (Å²) in [5.41, 5.74) is 6.56. The molecular formula is C29H34N4O3. The fourth-order valence-electron chi connectivity index (χ4n) is 4.88. The minimum atomic E-state index is -0.222. The average molecular weight is 487 g/mol. The Morgan fingerprint density at radius 1 is 1.17 bits per heavy atom. The smallest absolute Gasteiger partial charge is 0.273 e. The van der Waals surface area contributed by atoms with E-state index in [0.29, 0.717) is 24.7 Å². The highest BCUT2D eigenvalue weighted by atomic mass is 16.5. The number of fused-ring (bicyclic) bond motifs is 1. The Bertz CT molecular complexity index is 1320. The molecule has 1 fully saturated rings. The van der Waals surface area contributed by atoms with Gasteiger partial charge >= 0.3 is 0 Å². The van der Waals surface area contributed by atoms with Crippen molar-refractivity contribution in [3.8, 4) is 0 Å². The van der Waals surface area contributed by atoms with Crippen molar-refractivity contribution in [3.05, 3.63) is 88.8 Å². The Labute approximate surface area is 211 Å². The zero-order valence-electron chi connectivity index (χ0n) is 21.0. The Morgan fingerprint density at radius 2 is 2.06 bits per heavy atom. The van der Waals surface area contributed by atoms with E-state index in [1.807, 2.05) is 6.07 Å². The van der Waals surface area contributed by atoms with Gasteiger partial charge in [-0.3, -0.25) is 9.69 Å². The van der Waals surface area contributed by atoms with Gasteiger partial charge in [-0.1, -0.05) is 42.0 Å². The van der Waals surface area contributed by atoms with E-state index in [2.05, 4.69) is 76.6 Å². The molecule has 188 valence electrons. The molecule has 1 atom stereocenters. The number of aromatic amines is 1. The van der Waals surface area contributed by atoms with Crippen LogP contribution in [0.1, 0.15) is 51.5 Å². The van der Waals surface area contributed by atoms with Crippen LogP contribution < -0.4 is 5.32 Å². The number of aryl methyl sites for hydroxylation is 2. The van der Waals surface area contributed by atoms with Gasteiger partial charge in [0.25, 0.3) is 5.91 Å².